The van der Waals surface area contributed by atoms with Crippen molar-refractivity contribution in [3.05, 3.63) is 5.21 Å². The molecule has 0 aliphatic carbocycles. The molecule has 0 spiro atoms. The van der Waals surface area contributed by atoms with E-state index in [-0.39, 0.29) is 0 Å². The first-order valence-electron chi connectivity index (χ1n) is 8.25. The van der Waals surface area contributed by atoms with Gasteiger partial charge in [0.1, 0.15) is 0 Å². The molecule has 0 N–H and O–H groups in total. The lowest BCUT2D eigenvalue weighted by Crippen LogP contribution is -2.28. The molecule has 0 aromatic heterocycles. The van der Waals surface area contributed by atoms with Crippen LogP contribution in [0.15, 0.2) is 0 Å². The first kappa shape index (κ1) is 16.0. The Labute approximate surface area is 114 Å². The van der Waals surface area contributed by atoms with Crippen LogP contribution < -0.4 is 0 Å². The van der Waals surface area contributed by atoms with Gasteiger partial charge in [-0.3, -0.25) is 0 Å². The zero-order valence-corrected chi connectivity index (χ0v) is 12.3. The molecular weight excluding hydrogens is 222 g/mol. The number of hydrogen-bond donors (Lipinski definition) is 0. The fourth-order valence-electron chi connectivity index (χ4n) is 2.94. The molecule has 1 fully saturated rings. The number of piperidine rings is 1. The van der Waals surface area contributed by atoms with E-state index in [1.54, 1.807) is 0 Å². The van der Waals surface area contributed by atoms with Gasteiger partial charge >= 0.3 is 0 Å². The number of rotatable bonds is 10. The van der Waals surface area contributed by atoms with Crippen molar-refractivity contribution in [2.75, 3.05) is 13.1 Å². The van der Waals surface area contributed by atoms with Crippen LogP contribution in [-0.4, -0.2) is 18.2 Å². The summed E-state index contributed by atoms with van der Waals surface area (Å²) in [6, 6.07) is 0. The largest absolute Gasteiger partial charge is 0.785 e. The highest BCUT2D eigenvalue weighted by Gasteiger charge is 2.13. The molecule has 0 aromatic rings. The summed E-state index contributed by atoms with van der Waals surface area (Å²) in [7, 11) is 0. The van der Waals surface area contributed by atoms with Crippen molar-refractivity contribution in [3.8, 4) is 0 Å². The van der Waals surface area contributed by atoms with Gasteiger partial charge in [-0.2, -0.15) is 0 Å². The van der Waals surface area contributed by atoms with Crippen molar-refractivity contribution in [1.29, 1.82) is 0 Å². The third kappa shape index (κ3) is 8.10. The normalized spacial score (nSPS) is 18.3. The van der Waals surface area contributed by atoms with Crippen LogP contribution in [0.3, 0.4) is 0 Å². The summed E-state index contributed by atoms with van der Waals surface area (Å²) in [5.41, 5.74) is 0. The maximum absolute atomic E-state index is 11.0. The molecule has 0 bridgehead atoms. The molecule has 1 rings (SSSR count). The van der Waals surface area contributed by atoms with Gasteiger partial charge in [0.15, 0.2) is 0 Å². The Morgan fingerprint density at radius 3 is 1.89 bits per heavy atom. The van der Waals surface area contributed by atoms with E-state index in [1.807, 2.05) is 0 Å². The highest BCUT2D eigenvalue weighted by molar-refractivity contribution is 4.72. The second kappa shape index (κ2) is 10.8. The zero-order valence-electron chi connectivity index (χ0n) is 12.3. The lowest BCUT2D eigenvalue weighted by molar-refractivity contribution is 0.231. The van der Waals surface area contributed by atoms with E-state index < -0.39 is 0 Å². The van der Waals surface area contributed by atoms with Crippen LogP contribution in [0.25, 0.3) is 0 Å². The van der Waals surface area contributed by atoms with Crippen LogP contribution in [-0.2, 0) is 0 Å². The summed E-state index contributed by atoms with van der Waals surface area (Å²) < 4.78 is 0. The number of nitrogens with zero attached hydrogens (tertiary/aromatic N) is 1. The molecule has 2 nitrogen and oxygen atoms in total. The monoisotopic (exact) mass is 254 g/mol. The quantitative estimate of drug-likeness (QED) is 0.506. The van der Waals surface area contributed by atoms with Gasteiger partial charge in [-0.15, -0.1) is 0 Å². The summed E-state index contributed by atoms with van der Waals surface area (Å²) in [5.74, 6) is 0.847. The van der Waals surface area contributed by atoms with Crippen molar-refractivity contribution in [2.45, 2.75) is 84.0 Å². The van der Waals surface area contributed by atoms with E-state index in [1.165, 1.54) is 69.3 Å². The second-order valence-electron chi connectivity index (χ2n) is 5.99. The Balaban J connectivity index is 1.78. The van der Waals surface area contributed by atoms with E-state index in [4.69, 9.17) is 0 Å². The maximum Gasteiger partial charge on any atom is -0.0142 e. The van der Waals surface area contributed by atoms with Gasteiger partial charge in [-0.1, -0.05) is 71.1 Å². The summed E-state index contributed by atoms with van der Waals surface area (Å²) in [6.45, 7) is 3.83. The molecule has 0 saturated carbocycles. The topological polar surface area (TPSA) is 26.3 Å². The minimum absolute atomic E-state index is 0.780. The third-order valence-electron chi connectivity index (χ3n) is 4.29. The van der Waals surface area contributed by atoms with Gasteiger partial charge in [-0.25, -0.2) is 0 Å². The molecule has 1 aliphatic rings. The van der Waals surface area contributed by atoms with Gasteiger partial charge in [0, 0.05) is 0 Å². The van der Waals surface area contributed by atoms with Crippen molar-refractivity contribution in [2.24, 2.45) is 5.92 Å². The van der Waals surface area contributed by atoms with Crippen molar-refractivity contribution >= 4 is 0 Å². The van der Waals surface area contributed by atoms with Crippen molar-refractivity contribution in [1.82, 2.24) is 5.06 Å². The minimum Gasteiger partial charge on any atom is -0.785 e. The Morgan fingerprint density at radius 2 is 1.33 bits per heavy atom. The lowest BCUT2D eigenvalue weighted by Gasteiger charge is -2.36. The fourth-order valence-corrected chi connectivity index (χ4v) is 2.94. The van der Waals surface area contributed by atoms with Crippen LogP contribution in [0, 0.1) is 11.1 Å². The average Bonchev–Trinajstić information content (AvgIpc) is 2.39. The van der Waals surface area contributed by atoms with Gasteiger partial charge in [0.25, 0.3) is 0 Å². The van der Waals surface area contributed by atoms with Crippen LogP contribution in [0.4, 0.5) is 0 Å². The SMILES string of the molecule is CCCCCCCCCCCC1CCN([O-])CC1. The molecule has 0 unspecified atom stereocenters. The molecule has 1 aliphatic heterocycles. The Kier molecular flexibility index (Phi) is 9.59. The van der Waals surface area contributed by atoms with Crippen LogP contribution in [0.2, 0.25) is 0 Å². The van der Waals surface area contributed by atoms with Crippen molar-refractivity contribution < 1.29 is 0 Å². The fraction of sp³-hybridized carbons (Fsp3) is 1.00. The van der Waals surface area contributed by atoms with Gasteiger partial charge in [0.05, 0.1) is 0 Å². The summed E-state index contributed by atoms with van der Waals surface area (Å²) >= 11 is 0. The van der Waals surface area contributed by atoms with Crippen LogP contribution in [0.1, 0.15) is 84.0 Å². The molecule has 0 atom stereocenters. The van der Waals surface area contributed by atoms with Gasteiger partial charge in [-0.05, 0) is 31.8 Å². The first-order valence-corrected chi connectivity index (χ1v) is 8.25. The molecular formula is C16H32NO-. The molecule has 18 heavy (non-hydrogen) atoms. The smallest absolute Gasteiger partial charge is 0.0142 e. The zero-order chi connectivity index (χ0) is 13.1. The summed E-state index contributed by atoms with van der Waals surface area (Å²) in [4.78, 5) is 0. The van der Waals surface area contributed by atoms with E-state index >= 15 is 0 Å². The molecule has 0 amide bonds. The van der Waals surface area contributed by atoms with Crippen LogP contribution in [0.5, 0.6) is 0 Å². The molecule has 0 aromatic carbocycles. The number of unbranched alkanes of at least 4 members (excludes halogenated alkanes) is 8. The highest BCUT2D eigenvalue weighted by atomic mass is 16.5. The van der Waals surface area contributed by atoms with E-state index in [9.17, 15) is 5.21 Å². The molecule has 108 valence electrons. The predicted octanol–water partition coefficient (Wildman–Crippen LogP) is 5.12. The molecule has 1 heterocycles. The van der Waals surface area contributed by atoms with Gasteiger partial charge < -0.3 is 10.3 Å². The molecule has 0 radical (unpaired) electrons. The Hall–Kier alpha value is -0.0800. The van der Waals surface area contributed by atoms with E-state index in [0.717, 1.165) is 31.8 Å². The third-order valence-corrected chi connectivity index (χ3v) is 4.29. The summed E-state index contributed by atoms with van der Waals surface area (Å²) in [6.07, 6.45) is 16.4. The molecule has 1 saturated heterocycles. The number of hydroxylamine groups is 2. The second-order valence-corrected chi connectivity index (χ2v) is 5.99. The number of hydrogen-bond acceptors (Lipinski definition) is 2. The highest BCUT2D eigenvalue weighted by Crippen LogP contribution is 2.22. The maximum atomic E-state index is 11.0. The van der Waals surface area contributed by atoms with Crippen LogP contribution >= 0.6 is 0 Å². The predicted molar refractivity (Wildman–Crippen MR) is 79.5 cm³/mol. The summed E-state index contributed by atoms with van der Waals surface area (Å²) in [5, 5.41) is 12.3. The Bertz CT molecular complexity index is 176. The minimum atomic E-state index is 0.780. The lowest BCUT2D eigenvalue weighted by atomic mass is 9.92. The Morgan fingerprint density at radius 1 is 0.833 bits per heavy atom. The van der Waals surface area contributed by atoms with Gasteiger partial charge in [0.2, 0.25) is 0 Å². The standard InChI is InChI=1S/C16H32NO/c1-2-3-4-5-6-7-8-9-10-11-16-12-14-17(18)15-13-16/h16H,2-15H2,1H3/q-1. The van der Waals surface area contributed by atoms with Crippen molar-refractivity contribution in [3.63, 3.8) is 0 Å². The van der Waals surface area contributed by atoms with E-state index in [2.05, 4.69) is 6.92 Å². The average molecular weight is 254 g/mol. The molecule has 2 heteroatoms. The van der Waals surface area contributed by atoms with E-state index in [0.29, 0.717) is 0 Å². The first-order chi connectivity index (χ1) is 8.83.